The molecule has 0 aliphatic carbocycles. The van der Waals surface area contributed by atoms with Crippen LogP contribution in [0, 0.1) is 0 Å². The molecule has 0 N–H and O–H groups in total. The van der Waals surface area contributed by atoms with Crippen LogP contribution in [-0.4, -0.2) is 52.0 Å². The predicted molar refractivity (Wildman–Crippen MR) is 110 cm³/mol. The van der Waals surface area contributed by atoms with Crippen LogP contribution in [0.3, 0.4) is 0 Å². The molecule has 9 heteroatoms. The molecule has 0 atom stereocenters. The van der Waals surface area contributed by atoms with Crippen molar-refractivity contribution in [2.75, 3.05) is 26.2 Å². The van der Waals surface area contributed by atoms with E-state index in [0.717, 1.165) is 26.1 Å². The van der Waals surface area contributed by atoms with Gasteiger partial charge in [0.05, 0.1) is 11.2 Å². The number of hydrogen-bond donors (Lipinski definition) is 0. The van der Waals surface area contributed by atoms with Crippen LogP contribution in [0.5, 0.6) is 5.75 Å². The van der Waals surface area contributed by atoms with E-state index in [1.807, 2.05) is 4.90 Å². The molecule has 3 aromatic rings. The first kappa shape index (κ1) is 19.9. The lowest BCUT2D eigenvalue weighted by molar-refractivity contribution is 0.0750. The number of nitrogens with zero attached hydrogens (tertiary/aromatic N) is 4. The molecule has 0 radical (unpaired) electrons. The van der Waals surface area contributed by atoms with Crippen molar-refractivity contribution >= 4 is 28.8 Å². The number of hydrogen-bond acceptors (Lipinski definition) is 7. The molecule has 0 aromatic carbocycles. The molecule has 1 aliphatic heterocycles. The number of pyridine rings is 1. The van der Waals surface area contributed by atoms with Crippen molar-refractivity contribution in [3.05, 3.63) is 63.4 Å². The predicted octanol–water partition coefficient (Wildman–Crippen LogP) is 3.71. The first-order chi connectivity index (χ1) is 14.2. The lowest BCUT2D eigenvalue weighted by atomic mass is 10.3. The second-order valence-electron chi connectivity index (χ2n) is 6.81. The van der Waals surface area contributed by atoms with Gasteiger partial charge in [0.2, 0.25) is 0 Å². The van der Waals surface area contributed by atoms with Gasteiger partial charge in [-0.1, -0.05) is 22.8 Å². The average Bonchev–Trinajstić information content (AvgIpc) is 3.35. The van der Waals surface area contributed by atoms with Crippen molar-refractivity contribution in [3.8, 4) is 5.75 Å². The highest BCUT2D eigenvalue weighted by molar-refractivity contribution is 7.09. The molecule has 1 fully saturated rings. The lowest BCUT2D eigenvalue weighted by Crippen LogP contribution is -2.35. The molecule has 7 nitrogen and oxygen atoms in total. The lowest BCUT2D eigenvalue weighted by Gasteiger charge is -2.20. The molecule has 0 spiro atoms. The van der Waals surface area contributed by atoms with Gasteiger partial charge in [0.25, 0.3) is 5.91 Å². The fourth-order valence-electron chi connectivity index (χ4n) is 3.22. The summed E-state index contributed by atoms with van der Waals surface area (Å²) in [6.07, 6.45) is 4.03. The van der Waals surface area contributed by atoms with Crippen LogP contribution in [0.15, 0.2) is 46.6 Å². The maximum Gasteiger partial charge on any atom is 0.276 e. The van der Waals surface area contributed by atoms with Crippen molar-refractivity contribution in [2.24, 2.45) is 0 Å². The van der Waals surface area contributed by atoms with E-state index in [4.69, 9.17) is 20.9 Å². The third-order valence-corrected chi connectivity index (χ3v) is 5.74. The molecule has 1 aliphatic rings. The Bertz CT molecular complexity index is 947. The van der Waals surface area contributed by atoms with Gasteiger partial charge in [-0.3, -0.25) is 14.7 Å². The topological polar surface area (TPSA) is 71.7 Å². The number of thiophene rings is 1. The van der Waals surface area contributed by atoms with E-state index < -0.39 is 0 Å². The number of amides is 1. The molecule has 152 valence electrons. The van der Waals surface area contributed by atoms with Gasteiger partial charge >= 0.3 is 0 Å². The van der Waals surface area contributed by atoms with Crippen molar-refractivity contribution in [1.29, 1.82) is 0 Å². The van der Waals surface area contributed by atoms with Gasteiger partial charge in [0.1, 0.15) is 12.4 Å². The molecule has 0 bridgehead atoms. The molecular formula is C20H21ClN4O3S. The van der Waals surface area contributed by atoms with Crippen LogP contribution in [0.4, 0.5) is 0 Å². The van der Waals surface area contributed by atoms with E-state index in [-0.39, 0.29) is 12.5 Å². The third kappa shape index (κ3) is 5.35. The van der Waals surface area contributed by atoms with Gasteiger partial charge < -0.3 is 14.2 Å². The number of aromatic nitrogens is 2. The molecule has 0 saturated carbocycles. The van der Waals surface area contributed by atoms with Crippen LogP contribution < -0.4 is 4.74 Å². The minimum absolute atomic E-state index is 0.109. The van der Waals surface area contributed by atoms with Crippen molar-refractivity contribution in [3.63, 3.8) is 0 Å². The van der Waals surface area contributed by atoms with Gasteiger partial charge in [-0.25, -0.2) is 0 Å². The van der Waals surface area contributed by atoms with E-state index in [1.54, 1.807) is 29.7 Å². The molecule has 1 saturated heterocycles. The minimum atomic E-state index is -0.109. The number of carbonyl (C=O) groups is 1. The van der Waals surface area contributed by atoms with Gasteiger partial charge in [0, 0.05) is 55.9 Å². The Balaban J connectivity index is 1.31. The van der Waals surface area contributed by atoms with Gasteiger partial charge in [-0.15, -0.1) is 11.3 Å². The Morgan fingerprint density at radius 3 is 3.00 bits per heavy atom. The van der Waals surface area contributed by atoms with E-state index in [1.165, 1.54) is 11.1 Å². The zero-order valence-electron chi connectivity index (χ0n) is 15.8. The number of carbonyl (C=O) groups excluding carboxylic acids is 1. The van der Waals surface area contributed by atoms with Gasteiger partial charge in [-0.2, -0.15) is 0 Å². The molecule has 4 rings (SSSR count). The maximum atomic E-state index is 12.8. The number of rotatable bonds is 6. The molecule has 1 amide bonds. The standard InChI is InChI=1S/C20H21ClN4O3S/c21-15-9-16(12-22-11-15)27-14-17-10-19(23-28-17)20(26)25-5-2-4-24(6-7-25)13-18-3-1-8-29-18/h1,3,8-12H,2,4-7,13-14H2. The van der Waals surface area contributed by atoms with Gasteiger partial charge in [-0.05, 0) is 17.9 Å². The summed E-state index contributed by atoms with van der Waals surface area (Å²) in [5.74, 6) is 0.894. The normalized spacial score (nSPS) is 15.3. The quantitative estimate of drug-likeness (QED) is 0.591. The summed E-state index contributed by atoms with van der Waals surface area (Å²) in [7, 11) is 0. The summed E-state index contributed by atoms with van der Waals surface area (Å²) in [6.45, 7) is 4.30. The molecule has 0 unspecified atom stereocenters. The van der Waals surface area contributed by atoms with Crippen molar-refractivity contribution < 1.29 is 14.1 Å². The second kappa shape index (κ2) is 9.39. The van der Waals surface area contributed by atoms with Gasteiger partial charge in [0.15, 0.2) is 11.5 Å². The Kier molecular flexibility index (Phi) is 6.43. The zero-order valence-corrected chi connectivity index (χ0v) is 17.4. The molecule has 29 heavy (non-hydrogen) atoms. The first-order valence-corrected chi connectivity index (χ1v) is 10.7. The summed E-state index contributed by atoms with van der Waals surface area (Å²) in [6, 6.07) is 7.52. The highest BCUT2D eigenvalue weighted by Crippen LogP contribution is 2.18. The van der Waals surface area contributed by atoms with E-state index in [9.17, 15) is 4.79 Å². The summed E-state index contributed by atoms with van der Waals surface area (Å²) in [5.41, 5.74) is 0.305. The highest BCUT2D eigenvalue weighted by atomic mass is 35.5. The van der Waals surface area contributed by atoms with Crippen LogP contribution in [0.25, 0.3) is 0 Å². The second-order valence-corrected chi connectivity index (χ2v) is 8.28. The summed E-state index contributed by atoms with van der Waals surface area (Å²) < 4.78 is 10.9. The van der Waals surface area contributed by atoms with E-state index in [2.05, 4.69) is 32.6 Å². The number of ether oxygens (including phenoxy) is 1. The Labute approximate surface area is 177 Å². The SMILES string of the molecule is O=C(c1cc(COc2cncc(Cl)c2)on1)N1CCCN(Cc2cccs2)CC1. The maximum absolute atomic E-state index is 12.8. The zero-order chi connectivity index (χ0) is 20.1. The summed E-state index contributed by atoms with van der Waals surface area (Å²) in [5, 5.41) is 6.52. The van der Waals surface area contributed by atoms with E-state index >= 15 is 0 Å². The average molecular weight is 433 g/mol. The number of halogens is 1. The third-order valence-electron chi connectivity index (χ3n) is 4.67. The Morgan fingerprint density at radius 1 is 1.24 bits per heavy atom. The Morgan fingerprint density at radius 2 is 2.17 bits per heavy atom. The van der Waals surface area contributed by atoms with E-state index in [0.29, 0.717) is 35.3 Å². The fraction of sp³-hybridized carbons (Fsp3) is 0.350. The highest BCUT2D eigenvalue weighted by Gasteiger charge is 2.23. The molecule has 3 aromatic heterocycles. The van der Waals surface area contributed by atoms with Crippen molar-refractivity contribution in [2.45, 2.75) is 19.6 Å². The van der Waals surface area contributed by atoms with Crippen LogP contribution >= 0.6 is 22.9 Å². The summed E-state index contributed by atoms with van der Waals surface area (Å²) in [4.78, 5) is 22.4. The summed E-state index contributed by atoms with van der Waals surface area (Å²) >= 11 is 7.66. The fourth-order valence-corrected chi connectivity index (χ4v) is 4.13. The molecular weight excluding hydrogens is 412 g/mol. The monoisotopic (exact) mass is 432 g/mol. The Hall–Kier alpha value is -2.42. The minimum Gasteiger partial charge on any atom is -0.484 e. The first-order valence-electron chi connectivity index (χ1n) is 9.40. The smallest absolute Gasteiger partial charge is 0.276 e. The van der Waals surface area contributed by atoms with Crippen LogP contribution in [0.1, 0.15) is 27.5 Å². The van der Waals surface area contributed by atoms with Crippen LogP contribution in [-0.2, 0) is 13.2 Å². The van der Waals surface area contributed by atoms with Crippen molar-refractivity contribution in [1.82, 2.24) is 19.9 Å². The molecule has 4 heterocycles. The largest absolute Gasteiger partial charge is 0.484 e. The van der Waals surface area contributed by atoms with Crippen LogP contribution in [0.2, 0.25) is 5.02 Å².